The first-order valence-corrected chi connectivity index (χ1v) is 9.77. The van der Waals surface area contributed by atoms with E-state index in [0.717, 1.165) is 0 Å². The molecule has 11 heteroatoms. The van der Waals surface area contributed by atoms with Gasteiger partial charge in [0.1, 0.15) is 0 Å². The van der Waals surface area contributed by atoms with Crippen LogP contribution >= 0.6 is 0 Å². The smallest absolute Gasteiger partial charge is 0.397 e. The molecule has 1 aromatic carbocycles. The van der Waals surface area contributed by atoms with Crippen LogP contribution in [0.1, 0.15) is 0 Å². The van der Waals surface area contributed by atoms with Gasteiger partial charge in [-0.15, -0.1) is 0 Å². The molecule has 130 valence electrons. The SMILES string of the molecule is Nc1ccc(N2CCOCC2)c(S(=O)(=O)CCOS(=O)(=O)O)c1. The van der Waals surface area contributed by atoms with E-state index >= 15 is 0 Å². The van der Waals surface area contributed by atoms with Gasteiger partial charge in [0, 0.05) is 18.8 Å². The van der Waals surface area contributed by atoms with Crippen LogP contribution < -0.4 is 10.6 Å². The number of ether oxygens (including phenoxy) is 1. The van der Waals surface area contributed by atoms with E-state index in [-0.39, 0.29) is 10.6 Å². The zero-order valence-corrected chi connectivity index (χ0v) is 13.8. The molecule has 0 aliphatic carbocycles. The van der Waals surface area contributed by atoms with Crippen LogP contribution in [0.3, 0.4) is 0 Å². The highest BCUT2D eigenvalue weighted by molar-refractivity contribution is 7.91. The number of nitrogens with zero attached hydrogens (tertiary/aromatic N) is 1. The molecule has 1 heterocycles. The lowest BCUT2D eigenvalue weighted by Gasteiger charge is -2.30. The van der Waals surface area contributed by atoms with Crippen molar-refractivity contribution in [2.45, 2.75) is 4.90 Å². The molecule has 0 amide bonds. The standard InChI is InChI=1S/C12H18N2O7S2/c13-10-1-2-11(14-3-5-20-6-4-14)12(9-10)22(15,16)8-7-21-23(17,18)19/h1-2,9H,3-8,13H2,(H,17,18,19). The van der Waals surface area contributed by atoms with Gasteiger partial charge in [-0.3, -0.25) is 4.55 Å². The minimum Gasteiger partial charge on any atom is -0.399 e. The monoisotopic (exact) mass is 366 g/mol. The van der Waals surface area contributed by atoms with Gasteiger partial charge in [-0.1, -0.05) is 0 Å². The van der Waals surface area contributed by atoms with Gasteiger partial charge in [-0.2, -0.15) is 8.42 Å². The van der Waals surface area contributed by atoms with Crippen LogP contribution in [0, 0.1) is 0 Å². The Hall–Kier alpha value is -1.40. The summed E-state index contributed by atoms with van der Waals surface area (Å²) in [4.78, 5) is 1.86. The van der Waals surface area contributed by atoms with Crippen molar-refractivity contribution < 1.29 is 30.3 Å². The van der Waals surface area contributed by atoms with Gasteiger partial charge in [0.15, 0.2) is 9.84 Å². The number of nitrogens with two attached hydrogens (primary N) is 1. The molecule has 23 heavy (non-hydrogen) atoms. The summed E-state index contributed by atoms with van der Waals surface area (Å²) in [7, 11) is -8.53. The van der Waals surface area contributed by atoms with Crippen molar-refractivity contribution in [2.24, 2.45) is 0 Å². The van der Waals surface area contributed by atoms with E-state index in [1.807, 2.05) is 4.90 Å². The first kappa shape index (κ1) is 17.9. The summed E-state index contributed by atoms with van der Waals surface area (Å²) in [5.41, 5.74) is 6.43. The Morgan fingerprint density at radius 1 is 1.22 bits per heavy atom. The minimum atomic E-state index is -4.68. The highest BCUT2D eigenvalue weighted by Gasteiger charge is 2.24. The van der Waals surface area contributed by atoms with Gasteiger partial charge < -0.3 is 15.4 Å². The van der Waals surface area contributed by atoms with Crippen molar-refractivity contribution >= 4 is 31.6 Å². The van der Waals surface area contributed by atoms with Crippen molar-refractivity contribution in [3.05, 3.63) is 18.2 Å². The van der Waals surface area contributed by atoms with Crippen LogP contribution in [0.15, 0.2) is 23.1 Å². The highest BCUT2D eigenvalue weighted by Crippen LogP contribution is 2.29. The van der Waals surface area contributed by atoms with E-state index < -0.39 is 32.6 Å². The Balaban J connectivity index is 2.27. The Labute approximate surface area is 134 Å². The van der Waals surface area contributed by atoms with Gasteiger partial charge >= 0.3 is 10.4 Å². The van der Waals surface area contributed by atoms with E-state index in [0.29, 0.717) is 32.0 Å². The Morgan fingerprint density at radius 2 is 1.87 bits per heavy atom. The van der Waals surface area contributed by atoms with Crippen LogP contribution in [0.2, 0.25) is 0 Å². The number of morpholine rings is 1. The lowest BCUT2D eigenvalue weighted by Crippen LogP contribution is -2.37. The number of hydrogen-bond acceptors (Lipinski definition) is 8. The molecule has 1 aromatic rings. The molecular formula is C12H18N2O7S2. The largest absolute Gasteiger partial charge is 0.399 e. The van der Waals surface area contributed by atoms with Crippen molar-refractivity contribution in [3.63, 3.8) is 0 Å². The highest BCUT2D eigenvalue weighted by atomic mass is 32.3. The maximum Gasteiger partial charge on any atom is 0.397 e. The average molecular weight is 366 g/mol. The molecule has 0 atom stereocenters. The number of sulfone groups is 1. The Kier molecular flexibility index (Phi) is 5.47. The fraction of sp³-hybridized carbons (Fsp3) is 0.500. The van der Waals surface area contributed by atoms with Gasteiger partial charge in [0.25, 0.3) is 0 Å². The second kappa shape index (κ2) is 7.01. The molecule has 0 radical (unpaired) electrons. The Bertz CT molecular complexity index is 756. The minimum absolute atomic E-state index is 0.00154. The summed E-state index contributed by atoms with van der Waals surface area (Å²) < 4.78 is 63.8. The number of rotatable bonds is 6. The number of nitrogen functional groups attached to an aromatic ring is 1. The third-order valence-electron chi connectivity index (χ3n) is 3.26. The lowest BCUT2D eigenvalue weighted by molar-refractivity contribution is 0.122. The third kappa shape index (κ3) is 5.04. The second-order valence-electron chi connectivity index (χ2n) is 4.90. The zero-order valence-electron chi connectivity index (χ0n) is 12.2. The number of anilines is 2. The van der Waals surface area contributed by atoms with Crippen LogP contribution in [0.25, 0.3) is 0 Å². The van der Waals surface area contributed by atoms with Crippen molar-refractivity contribution in [1.29, 1.82) is 0 Å². The van der Waals surface area contributed by atoms with E-state index in [1.165, 1.54) is 6.07 Å². The quantitative estimate of drug-likeness (QED) is 0.513. The van der Waals surface area contributed by atoms with Gasteiger partial charge in [-0.25, -0.2) is 12.6 Å². The first-order valence-electron chi connectivity index (χ1n) is 6.76. The molecule has 0 unspecified atom stereocenters. The van der Waals surface area contributed by atoms with Gasteiger partial charge in [0.2, 0.25) is 0 Å². The third-order valence-corrected chi connectivity index (χ3v) is 5.42. The van der Waals surface area contributed by atoms with Crippen LogP contribution in [0.5, 0.6) is 0 Å². The topological polar surface area (TPSA) is 136 Å². The first-order chi connectivity index (χ1) is 10.7. The second-order valence-corrected chi connectivity index (χ2v) is 8.06. The molecule has 1 fully saturated rings. The summed E-state index contributed by atoms with van der Waals surface area (Å²) in [5.74, 6) is -0.604. The normalized spacial score (nSPS) is 16.5. The molecule has 1 saturated heterocycles. The summed E-state index contributed by atoms with van der Waals surface area (Å²) >= 11 is 0. The number of hydrogen-bond donors (Lipinski definition) is 2. The molecule has 2 rings (SSSR count). The molecule has 0 bridgehead atoms. The van der Waals surface area contributed by atoms with Crippen molar-refractivity contribution in [3.8, 4) is 0 Å². The maximum atomic E-state index is 12.5. The van der Waals surface area contributed by atoms with E-state index in [9.17, 15) is 16.8 Å². The van der Waals surface area contributed by atoms with E-state index in [1.54, 1.807) is 12.1 Å². The molecule has 0 aromatic heterocycles. The summed E-state index contributed by atoms with van der Waals surface area (Å²) in [6.07, 6.45) is 0. The fourth-order valence-electron chi connectivity index (χ4n) is 2.20. The summed E-state index contributed by atoms with van der Waals surface area (Å²) in [5, 5.41) is 0. The van der Waals surface area contributed by atoms with Crippen molar-refractivity contribution in [1.82, 2.24) is 0 Å². The molecule has 9 nitrogen and oxygen atoms in total. The molecule has 1 aliphatic rings. The number of benzene rings is 1. The van der Waals surface area contributed by atoms with E-state index in [4.69, 9.17) is 15.0 Å². The maximum absolute atomic E-state index is 12.5. The van der Waals surface area contributed by atoms with Crippen molar-refractivity contribution in [2.75, 3.05) is 49.3 Å². The Morgan fingerprint density at radius 3 is 2.48 bits per heavy atom. The fourth-order valence-corrected chi connectivity index (χ4v) is 3.96. The van der Waals surface area contributed by atoms with Crippen LogP contribution in [-0.4, -0.2) is 60.1 Å². The molecule has 0 spiro atoms. The molecule has 0 saturated carbocycles. The van der Waals surface area contributed by atoms with Gasteiger partial charge in [0.05, 0.1) is 36.2 Å². The predicted molar refractivity (Wildman–Crippen MR) is 83.4 cm³/mol. The predicted octanol–water partition coefficient (Wildman–Crippen LogP) is -0.301. The lowest BCUT2D eigenvalue weighted by atomic mass is 10.2. The molecule has 3 N–H and O–H groups in total. The molecular weight excluding hydrogens is 348 g/mol. The summed E-state index contributed by atoms with van der Waals surface area (Å²) in [6, 6.07) is 4.53. The van der Waals surface area contributed by atoms with Gasteiger partial charge in [-0.05, 0) is 18.2 Å². The van der Waals surface area contributed by atoms with Crippen LogP contribution in [0.4, 0.5) is 11.4 Å². The average Bonchev–Trinajstić information content (AvgIpc) is 2.46. The summed E-state index contributed by atoms with van der Waals surface area (Å²) in [6.45, 7) is 1.35. The van der Waals surface area contributed by atoms with E-state index in [2.05, 4.69) is 4.18 Å². The van der Waals surface area contributed by atoms with Crippen LogP contribution in [-0.2, 0) is 29.2 Å². The zero-order chi connectivity index (χ0) is 17.1. The molecule has 1 aliphatic heterocycles.